The smallest absolute Gasteiger partial charge is 0.262 e. The molecular formula is C21H15NO. The molecule has 23 heavy (non-hydrogen) atoms. The molecule has 110 valence electrons. The second-order valence-electron chi connectivity index (χ2n) is 5.47. The molecule has 0 aliphatic heterocycles. The van der Waals surface area contributed by atoms with Crippen LogP contribution in [-0.4, -0.2) is 10.5 Å². The van der Waals surface area contributed by atoms with Crippen LogP contribution in [0.15, 0.2) is 91.1 Å². The SMILES string of the molecule is O=C(c1ccccc1)n1cc(-c2ccccc2)c2ccccc21. The molecule has 0 aliphatic rings. The first-order chi connectivity index (χ1) is 11.3. The van der Waals surface area contributed by atoms with Crippen molar-refractivity contribution in [3.05, 3.63) is 96.7 Å². The number of nitrogens with zero attached hydrogens (tertiary/aromatic N) is 1. The van der Waals surface area contributed by atoms with Gasteiger partial charge >= 0.3 is 0 Å². The van der Waals surface area contributed by atoms with Crippen LogP contribution in [0, 0.1) is 0 Å². The highest BCUT2D eigenvalue weighted by molar-refractivity contribution is 6.06. The number of hydrogen-bond donors (Lipinski definition) is 0. The number of rotatable bonds is 2. The van der Waals surface area contributed by atoms with Crippen LogP contribution in [0.3, 0.4) is 0 Å². The third-order valence-corrected chi connectivity index (χ3v) is 4.04. The zero-order chi connectivity index (χ0) is 15.6. The maximum absolute atomic E-state index is 12.9. The summed E-state index contributed by atoms with van der Waals surface area (Å²) in [6, 6.07) is 27.6. The van der Waals surface area contributed by atoms with E-state index in [2.05, 4.69) is 18.2 Å². The molecule has 0 bridgehead atoms. The molecule has 0 atom stereocenters. The minimum atomic E-state index is -0.0102. The highest BCUT2D eigenvalue weighted by Gasteiger charge is 2.15. The predicted octanol–water partition coefficient (Wildman–Crippen LogP) is 5.00. The van der Waals surface area contributed by atoms with Crippen molar-refractivity contribution in [2.24, 2.45) is 0 Å². The predicted molar refractivity (Wildman–Crippen MR) is 93.5 cm³/mol. The van der Waals surface area contributed by atoms with Crippen LogP contribution < -0.4 is 0 Å². The van der Waals surface area contributed by atoms with Gasteiger partial charge in [0.25, 0.3) is 5.91 Å². The van der Waals surface area contributed by atoms with Gasteiger partial charge in [0.1, 0.15) is 0 Å². The summed E-state index contributed by atoms with van der Waals surface area (Å²) >= 11 is 0. The summed E-state index contributed by atoms with van der Waals surface area (Å²) < 4.78 is 1.74. The number of hydrogen-bond acceptors (Lipinski definition) is 1. The Bertz CT molecular complexity index is 969. The van der Waals surface area contributed by atoms with Crippen molar-refractivity contribution in [3.8, 4) is 11.1 Å². The molecule has 4 aromatic rings. The van der Waals surface area contributed by atoms with Crippen molar-refractivity contribution in [1.82, 2.24) is 4.57 Å². The van der Waals surface area contributed by atoms with Crippen molar-refractivity contribution < 1.29 is 4.79 Å². The molecule has 1 heterocycles. The lowest BCUT2D eigenvalue weighted by Crippen LogP contribution is -2.10. The zero-order valence-corrected chi connectivity index (χ0v) is 12.5. The Balaban J connectivity index is 1.94. The summed E-state index contributed by atoms with van der Waals surface area (Å²) in [5.41, 5.74) is 3.81. The fourth-order valence-electron chi connectivity index (χ4n) is 2.92. The molecule has 0 unspecified atom stereocenters. The highest BCUT2D eigenvalue weighted by Crippen LogP contribution is 2.30. The van der Waals surface area contributed by atoms with Crippen LogP contribution in [0.4, 0.5) is 0 Å². The Labute approximate surface area is 134 Å². The van der Waals surface area contributed by atoms with Crippen molar-refractivity contribution in [2.75, 3.05) is 0 Å². The quantitative estimate of drug-likeness (QED) is 0.510. The van der Waals surface area contributed by atoms with Gasteiger partial charge in [0.2, 0.25) is 0 Å². The average molecular weight is 297 g/mol. The van der Waals surface area contributed by atoms with Crippen LogP contribution in [-0.2, 0) is 0 Å². The molecule has 0 saturated heterocycles. The van der Waals surface area contributed by atoms with Crippen molar-refractivity contribution >= 4 is 16.8 Å². The van der Waals surface area contributed by atoms with E-state index in [1.165, 1.54) is 0 Å². The van der Waals surface area contributed by atoms with Crippen LogP contribution >= 0.6 is 0 Å². The Morgan fingerprint density at radius 2 is 1.30 bits per heavy atom. The van der Waals surface area contributed by atoms with E-state index in [9.17, 15) is 4.79 Å². The Morgan fingerprint density at radius 3 is 2.04 bits per heavy atom. The fourth-order valence-corrected chi connectivity index (χ4v) is 2.92. The lowest BCUT2D eigenvalue weighted by Gasteiger charge is -2.03. The maximum atomic E-state index is 12.9. The summed E-state index contributed by atoms with van der Waals surface area (Å²) in [6.45, 7) is 0. The fraction of sp³-hybridized carbons (Fsp3) is 0. The van der Waals surface area contributed by atoms with Crippen molar-refractivity contribution in [3.63, 3.8) is 0 Å². The van der Waals surface area contributed by atoms with Crippen LogP contribution in [0.5, 0.6) is 0 Å². The minimum Gasteiger partial charge on any atom is -0.283 e. The first-order valence-electron chi connectivity index (χ1n) is 7.60. The zero-order valence-electron chi connectivity index (χ0n) is 12.5. The number of para-hydroxylation sites is 1. The van der Waals surface area contributed by atoms with E-state index >= 15 is 0 Å². The van der Waals surface area contributed by atoms with E-state index in [0.717, 1.165) is 22.0 Å². The number of fused-ring (bicyclic) bond motifs is 1. The molecule has 0 N–H and O–H groups in total. The molecule has 0 amide bonds. The monoisotopic (exact) mass is 297 g/mol. The van der Waals surface area contributed by atoms with Crippen LogP contribution in [0.25, 0.3) is 22.0 Å². The normalized spacial score (nSPS) is 10.8. The van der Waals surface area contributed by atoms with Gasteiger partial charge in [-0.05, 0) is 23.8 Å². The maximum Gasteiger partial charge on any atom is 0.262 e. The molecule has 0 aliphatic carbocycles. The molecule has 4 rings (SSSR count). The summed E-state index contributed by atoms with van der Waals surface area (Å²) in [4.78, 5) is 12.9. The third kappa shape index (κ3) is 2.34. The second kappa shape index (κ2) is 5.58. The van der Waals surface area contributed by atoms with Gasteiger partial charge in [0.15, 0.2) is 0 Å². The van der Waals surface area contributed by atoms with Gasteiger partial charge in [-0.1, -0.05) is 66.7 Å². The van der Waals surface area contributed by atoms with Gasteiger partial charge in [-0.3, -0.25) is 9.36 Å². The van der Waals surface area contributed by atoms with E-state index in [-0.39, 0.29) is 5.91 Å². The van der Waals surface area contributed by atoms with Crippen LogP contribution in [0.1, 0.15) is 10.4 Å². The van der Waals surface area contributed by atoms with Crippen molar-refractivity contribution in [1.29, 1.82) is 0 Å². The summed E-state index contributed by atoms with van der Waals surface area (Å²) in [5, 5.41) is 1.09. The number of carbonyl (C=O) groups excluding carboxylic acids is 1. The standard InChI is InChI=1S/C21H15NO/c23-21(17-11-5-2-6-12-17)22-15-19(16-9-3-1-4-10-16)18-13-7-8-14-20(18)22/h1-15H. The van der Waals surface area contributed by atoms with E-state index in [1.807, 2.05) is 72.9 Å². The third-order valence-electron chi connectivity index (χ3n) is 4.04. The van der Waals surface area contributed by atoms with E-state index in [4.69, 9.17) is 0 Å². The lowest BCUT2D eigenvalue weighted by molar-refractivity contribution is 0.0965. The molecule has 2 nitrogen and oxygen atoms in total. The highest BCUT2D eigenvalue weighted by atomic mass is 16.2. The largest absolute Gasteiger partial charge is 0.283 e. The van der Waals surface area contributed by atoms with Gasteiger partial charge in [-0.15, -0.1) is 0 Å². The Kier molecular flexibility index (Phi) is 3.28. The van der Waals surface area contributed by atoms with E-state index in [1.54, 1.807) is 4.57 Å². The second-order valence-corrected chi connectivity index (χ2v) is 5.47. The number of aromatic nitrogens is 1. The van der Waals surface area contributed by atoms with E-state index < -0.39 is 0 Å². The van der Waals surface area contributed by atoms with Gasteiger partial charge in [0.05, 0.1) is 5.52 Å². The topological polar surface area (TPSA) is 22.0 Å². The molecule has 1 aromatic heterocycles. The minimum absolute atomic E-state index is 0.0102. The van der Waals surface area contributed by atoms with Gasteiger partial charge in [-0.2, -0.15) is 0 Å². The molecule has 0 radical (unpaired) electrons. The summed E-state index contributed by atoms with van der Waals surface area (Å²) in [6.07, 6.45) is 1.94. The lowest BCUT2D eigenvalue weighted by atomic mass is 10.1. The molecule has 0 saturated carbocycles. The molecular weight excluding hydrogens is 282 g/mol. The average Bonchev–Trinajstić information content (AvgIpc) is 3.02. The van der Waals surface area contributed by atoms with Gasteiger partial charge in [-0.25, -0.2) is 0 Å². The van der Waals surface area contributed by atoms with Gasteiger partial charge < -0.3 is 0 Å². The molecule has 0 fully saturated rings. The Hall–Kier alpha value is -3.13. The number of benzene rings is 3. The first kappa shape index (κ1) is 13.5. The molecule has 3 aromatic carbocycles. The first-order valence-corrected chi connectivity index (χ1v) is 7.60. The van der Waals surface area contributed by atoms with Gasteiger partial charge in [0, 0.05) is 22.7 Å². The summed E-state index contributed by atoms with van der Waals surface area (Å²) in [5.74, 6) is -0.0102. The molecule has 2 heteroatoms. The summed E-state index contributed by atoms with van der Waals surface area (Å²) in [7, 11) is 0. The number of carbonyl (C=O) groups is 1. The van der Waals surface area contributed by atoms with Crippen molar-refractivity contribution in [2.45, 2.75) is 0 Å². The van der Waals surface area contributed by atoms with Crippen LogP contribution in [0.2, 0.25) is 0 Å². The Morgan fingerprint density at radius 1 is 0.696 bits per heavy atom. The van der Waals surface area contributed by atoms with E-state index in [0.29, 0.717) is 5.56 Å². The molecule has 0 spiro atoms.